The second-order valence-electron chi connectivity index (χ2n) is 10.6. The monoisotopic (exact) mass is 414 g/mol. The molecule has 3 saturated carbocycles. The maximum Gasteiger partial charge on any atom is 0.306 e. The number of allylic oxidation sites excluding steroid dienone is 1. The summed E-state index contributed by atoms with van der Waals surface area (Å²) in [7, 11) is 0. The normalized spacial score (nSPS) is 40.1. The van der Waals surface area contributed by atoms with Crippen LogP contribution in [0.1, 0.15) is 97.8 Å². The molecule has 30 heavy (non-hydrogen) atoms. The Morgan fingerprint density at radius 3 is 2.60 bits per heavy atom. The molecule has 6 atom stereocenters. The van der Waals surface area contributed by atoms with Crippen LogP contribution < -0.4 is 0 Å². The van der Waals surface area contributed by atoms with Crippen molar-refractivity contribution >= 4 is 17.5 Å². The molecule has 4 aliphatic rings. The average Bonchev–Trinajstić information content (AvgIpc) is 3.01. The van der Waals surface area contributed by atoms with E-state index in [-0.39, 0.29) is 17.2 Å². The Bertz CT molecular complexity index is 752. The van der Waals surface area contributed by atoms with Gasteiger partial charge < -0.3 is 4.74 Å². The molecule has 166 valence electrons. The van der Waals surface area contributed by atoms with Gasteiger partial charge in [-0.2, -0.15) is 0 Å². The fourth-order valence-electron chi connectivity index (χ4n) is 7.76. The second kappa shape index (κ2) is 8.24. The lowest BCUT2D eigenvalue weighted by molar-refractivity contribution is -0.187. The summed E-state index contributed by atoms with van der Waals surface area (Å²) in [6.45, 7) is 5.99. The second-order valence-corrected chi connectivity index (χ2v) is 10.6. The Kier molecular flexibility index (Phi) is 5.98. The molecule has 0 radical (unpaired) electrons. The molecule has 0 aliphatic heterocycles. The summed E-state index contributed by atoms with van der Waals surface area (Å²) in [4.78, 5) is 37.6. The Hall–Kier alpha value is -1.45. The zero-order valence-corrected chi connectivity index (χ0v) is 19.0. The highest BCUT2D eigenvalue weighted by Gasteiger charge is 2.66. The molecular weight excluding hydrogens is 376 g/mol. The third-order valence-corrected chi connectivity index (χ3v) is 9.26. The summed E-state index contributed by atoms with van der Waals surface area (Å²) < 4.78 is 6.14. The van der Waals surface area contributed by atoms with Gasteiger partial charge >= 0.3 is 5.97 Å². The van der Waals surface area contributed by atoms with E-state index in [1.807, 2.05) is 6.08 Å². The Balaban J connectivity index is 1.56. The summed E-state index contributed by atoms with van der Waals surface area (Å²) in [6, 6.07) is 0. The predicted molar refractivity (Wildman–Crippen MR) is 116 cm³/mol. The van der Waals surface area contributed by atoms with Gasteiger partial charge in [-0.05, 0) is 88.0 Å². The Morgan fingerprint density at radius 2 is 1.87 bits per heavy atom. The van der Waals surface area contributed by atoms with Gasteiger partial charge in [0.25, 0.3) is 0 Å². The molecule has 4 heteroatoms. The highest BCUT2D eigenvalue weighted by molar-refractivity contribution is 5.91. The molecular formula is C26H38O4. The Labute approximate surface area is 181 Å². The number of ketones is 2. The van der Waals surface area contributed by atoms with Crippen molar-refractivity contribution in [1.82, 2.24) is 0 Å². The predicted octanol–water partition coefficient (Wildman–Crippen LogP) is 5.58. The first-order valence-electron chi connectivity index (χ1n) is 12.3. The molecule has 0 bridgehead atoms. The number of Topliss-reactive ketones (excluding diaryl/α,β-unsaturated/α-hetero) is 1. The van der Waals surface area contributed by atoms with Crippen molar-refractivity contribution in [3.05, 3.63) is 11.6 Å². The summed E-state index contributed by atoms with van der Waals surface area (Å²) >= 11 is 0. The lowest BCUT2D eigenvalue weighted by Crippen LogP contribution is -2.57. The molecule has 4 aliphatic carbocycles. The van der Waals surface area contributed by atoms with E-state index in [0.717, 1.165) is 57.8 Å². The quantitative estimate of drug-likeness (QED) is 0.420. The number of hydrogen-bond acceptors (Lipinski definition) is 4. The van der Waals surface area contributed by atoms with Gasteiger partial charge in [0.15, 0.2) is 17.2 Å². The minimum absolute atomic E-state index is 0.0365. The number of ether oxygens (including phenoxy) is 1. The summed E-state index contributed by atoms with van der Waals surface area (Å²) in [5.41, 5.74) is 0.186. The summed E-state index contributed by atoms with van der Waals surface area (Å²) in [6.07, 6.45) is 12.8. The maximum atomic E-state index is 13.0. The summed E-state index contributed by atoms with van der Waals surface area (Å²) in [5.74, 6) is 2.33. The van der Waals surface area contributed by atoms with E-state index in [4.69, 9.17) is 4.74 Å². The van der Waals surface area contributed by atoms with Gasteiger partial charge in [-0.3, -0.25) is 14.4 Å². The van der Waals surface area contributed by atoms with Crippen LogP contribution in [0.4, 0.5) is 0 Å². The first-order chi connectivity index (χ1) is 14.3. The highest BCUT2D eigenvalue weighted by atomic mass is 16.6. The van der Waals surface area contributed by atoms with E-state index in [9.17, 15) is 14.4 Å². The molecule has 4 nitrogen and oxygen atoms in total. The van der Waals surface area contributed by atoms with Crippen LogP contribution in [0.5, 0.6) is 0 Å². The zero-order chi connectivity index (χ0) is 21.5. The van der Waals surface area contributed by atoms with Crippen molar-refractivity contribution in [2.24, 2.45) is 29.1 Å². The van der Waals surface area contributed by atoms with Gasteiger partial charge in [-0.1, -0.05) is 32.3 Å². The third-order valence-electron chi connectivity index (χ3n) is 9.26. The molecule has 0 saturated heterocycles. The van der Waals surface area contributed by atoms with Crippen molar-refractivity contribution in [1.29, 1.82) is 0 Å². The van der Waals surface area contributed by atoms with E-state index in [0.29, 0.717) is 48.7 Å². The number of unbranched alkanes of at least 4 members (excludes halogenated alkanes) is 2. The van der Waals surface area contributed by atoms with Gasteiger partial charge in [0.1, 0.15) is 0 Å². The van der Waals surface area contributed by atoms with E-state index in [1.54, 1.807) is 6.92 Å². The van der Waals surface area contributed by atoms with Crippen molar-refractivity contribution in [2.45, 2.75) is 103 Å². The van der Waals surface area contributed by atoms with Crippen LogP contribution in [0.25, 0.3) is 0 Å². The number of carbonyl (C=O) groups is 3. The van der Waals surface area contributed by atoms with Crippen LogP contribution in [0, 0.1) is 29.1 Å². The molecule has 6 unspecified atom stereocenters. The van der Waals surface area contributed by atoms with E-state index >= 15 is 0 Å². The Morgan fingerprint density at radius 1 is 1.07 bits per heavy atom. The smallest absolute Gasteiger partial charge is 0.306 e. The molecule has 0 aromatic heterocycles. The lowest BCUT2D eigenvalue weighted by atomic mass is 9.50. The SMILES string of the molecule is CCCCCC(=O)OC1(C(C)=O)CCC2C3CCC4=CC(=O)CCC4C3CCC21C. The largest absolute Gasteiger partial charge is 0.450 e. The molecule has 0 N–H and O–H groups in total. The minimum Gasteiger partial charge on any atom is -0.450 e. The zero-order valence-electron chi connectivity index (χ0n) is 19.0. The first kappa shape index (κ1) is 21.8. The fourth-order valence-corrected chi connectivity index (χ4v) is 7.76. The molecule has 0 aromatic carbocycles. The average molecular weight is 415 g/mol. The number of hydrogen-bond donors (Lipinski definition) is 0. The molecule has 4 rings (SSSR count). The molecule has 0 spiro atoms. The van der Waals surface area contributed by atoms with E-state index in [2.05, 4.69) is 13.8 Å². The van der Waals surface area contributed by atoms with Crippen LogP contribution in [0.15, 0.2) is 11.6 Å². The van der Waals surface area contributed by atoms with E-state index in [1.165, 1.54) is 5.57 Å². The highest BCUT2D eigenvalue weighted by Crippen LogP contribution is 2.66. The van der Waals surface area contributed by atoms with Gasteiger partial charge in [0.05, 0.1) is 0 Å². The van der Waals surface area contributed by atoms with Crippen LogP contribution >= 0.6 is 0 Å². The molecule has 0 heterocycles. The van der Waals surface area contributed by atoms with Crippen LogP contribution in [0.3, 0.4) is 0 Å². The van der Waals surface area contributed by atoms with Crippen molar-refractivity contribution in [3.63, 3.8) is 0 Å². The molecule has 0 amide bonds. The van der Waals surface area contributed by atoms with Crippen LogP contribution in [-0.4, -0.2) is 23.1 Å². The lowest BCUT2D eigenvalue weighted by Gasteiger charge is -2.55. The molecule has 0 aromatic rings. The maximum absolute atomic E-state index is 13.0. The molecule has 3 fully saturated rings. The van der Waals surface area contributed by atoms with E-state index < -0.39 is 5.60 Å². The van der Waals surface area contributed by atoms with Gasteiger partial charge in [0, 0.05) is 18.3 Å². The third kappa shape index (κ3) is 3.39. The van der Waals surface area contributed by atoms with Crippen molar-refractivity contribution in [2.75, 3.05) is 0 Å². The number of rotatable bonds is 6. The topological polar surface area (TPSA) is 60.4 Å². The van der Waals surface area contributed by atoms with Gasteiger partial charge in [0.2, 0.25) is 0 Å². The number of fused-ring (bicyclic) bond motifs is 5. The van der Waals surface area contributed by atoms with Gasteiger partial charge in [-0.15, -0.1) is 0 Å². The fraction of sp³-hybridized carbons (Fsp3) is 0.808. The summed E-state index contributed by atoms with van der Waals surface area (Å²) in [5, 5.41) is 0. The first-order valence-corrected chi connectivity index (χ1v) is 12.3. The van der Waals surface area contributed by atoms with Crippen molar-refractivity contribution in [3.8, 4) is 0 Å². The van der Waals surface area contributed by atoms with Crippen molar-refractivity contribution < 1.29 is 19.1 Å². The van der Waals surface area contributed by atoms with Crippen LogP contribution in [-0.2, 0) is 19.1 Å². The minimum atomic E-state index is -0.940. The van der Waals surface area contributed by atoms with Crippen LogP contribution in [0.2, 0.25) is 0 Å². The number of esters is 1. The number of carbonyl (C=O) groups excluding carboxylic acids is 3. The standard InChI is InChI=1S/C26H38O4/c1-4-5-6-7-24(29)30-26(17(2)27)15-13-23-22-10-8-18-16-19(28)9-11-20(18)21(22)12-14-25(23,26)3/h16,20-23H,4-15H2,1-3H3. The van der Waals surface area contributed by atoms with Gasteiger partial charge in [-0.25, -0.2) is 0 Å².